The van der Waals surface area contributed by atoms with Crippen molar-refractivity contribution in [2.45, 2.75) is 6.42 Å². The maximum atomic E-state index is 14.2. The van der Waals surface area contributed by atoms with Gasteiger partial charge in [0.15, 0.2) is 11.6 Å². The Morgan fingerprint density at radius 1 is 1.15 bits per heavy atom. The number of benzene rings is 2. The number of pyridine rings is 1. The van der Waals surface area contributed by atoms with Crippen LogP contribution in [0.3, 0.4) is 0 Å². The number of carbonyl (C=O) groups is 1. The number of nitrogens with one attached hydrogen (secondary N) is 2. The minimum Gasteiger partial charge on any atom is -0.492 e. The minimum atomic E-state index is -0.930. The molecule has 33 heavy (non-hydrogen) atoms. The van der Waals surface area contributed by atoms with Gasteiger partial charge in [-0.25, -0.2) is 13.8 Å². The normalized spacial score (nSPS) is 20.1. The molecule has 0 radical (unpaired) electrons. The lowest BCUT2D eigenvalue weighted by atomic mass is 9.89. The number of amides is 1. The first-order valence-electron chi connectivity index (χ1n) is 11.2. The highest BCUT2D eigenvalue weighted by Crippen LogP contribution is 2.38. The number of halogens is 2. The van der Waals surface area contributed by atoms with Crippen molar-refractivity contribution in [3.05, 3.63) is 54.1 Å². The van der Waals surface area contributed by atoms with E-state index >= 15 is 0 Å². The molecule has 2 aromatic carbocycles. The standard InChI is InChI=1S/C25H26F2N4O2/c1-28-8-9-33-17-4-2-15(3-5-17)22-12-24(18-10-20(26)21(27)11-23(18)30-22)31-13-16-6-7-29-25(32)19(16)14-31/h2-5,10-12,16,19,28H,6-9,13-14H2,1H3,(H,29,32). The maximum Gasteiger partial charge on any atom is 0.225 e. The molecule has 2 unspecified atom stereocenters. The van der Waals surface area contributed by atoms with Gasteiger partial charge in [-0.05, 0) is 55.8 Å². The SMILES string of the molecule is CNCCOc1ccc(-c2cc(N3CC4CCNC(=O)C4C3)c3cc(F)c(F)cc3n2)cc1. The summed E-state index contributed by atoms with van der Waals surface area (Å²) in [6.45, 7) is 3.23. The Kier molecular flexibility index (Phi) is 5.85. The number of carbonyl (C=O) groups excluding carboxylic acids is 1. The molecule has 1 aromatic heterocycles. The highest BCUT2D eigenvalue weighted by molar-refractivity contribution is 5.95. The van der Waals surface area contributed by atoms with E-state index in [4.69, 9.17) is 4.74 Å². The van der Waals surface area contributed by atoms with Gasteiger partial charge < -0.3 is 20.3 Å². The first-order valence-corrected chi connectivity index (χ1v) is 11.2. The first kappa shape index (κ1) is 21.6. The average molecular weight is 453 g/mol. The van der Waals surface area contributed by atoms with E-state index in [9.17, 15) is 13.6 Å². The van der Waals surface area contributed by atoms with Gasteiger partial charge in [0, 0.05) is 48.9 Å². The lowest BCUT2D eigenvalue weighted by molar-refractivity contribution is -0.127. The highest BCUT2D eigenvalue weighted by atomic mass is 19.2. The lowest BCUT2D eigenvalue weighted by Crippen LogP contribution is -2.41. The van der Waals surface area contributed by atoms with Crippen LogP contribution in [0.5, 0.6) is 5.75 Å². The number of likely N-dealkylation sites (N-methyl/N-ethyl adjacent to an activating group) is 1. The molecule has 5 rings (SSSR count). The molecule has 3 aromatic rings. The fraction of sp³-hybridized carbons (Fsp3) is 0.360. The van der Waals surface area contributed by atoms with Crippen LogP contribution < -0.4 is 20.3 Å². The van der Waals surface area contributed by atoms with E-state index in [1.165, 1.54) is 6.07 Å². The van der Waals surface area contributed by atoms with E-state index < -0.39 is 11.6 Å². The largest absolute Gasteiger partial charge is 0.492 e. The van der Waals surface area contributed by atoms with Crippen molar-refractivity contribution in [3.8, 4) is 17.0 Å². The second-order valence-electron chi connectivity index (χ2n) is 8.64. The van der Waals surface area contributed by atoms with Crippen molar-refractivity contribution in [2.24, 2.45) is 11.8 Å². The molecule has 2 saturated heterocycles. The molecule has 2 fully saturated rings. The summed E-state index contributed by atoms with van der Waals surface area (Å²) in [6.07, 6.45) is 0.917. The Balaban J connectivity index is 1.53. The van der Waals surface area contributed by atoms with E-state index in [1.54, 1.807) is 0 Å². The summed E-state index contributed by atoms with van der Waals surface area (Å²) in [5.74, 6) is -0.859. The van der Waals surface area contributed by atoms with Crippen molar-refractivity contribution < 1.29 is 18.3 Å². The topological polar surface area (TPSA) is 66.5 Å². The summed E-state index contributed by atoms with van der Waals surface area (Å²) in [7, 11) is 1.87. The summed E-state index contributed by atoms with van der Waals surface area (Å²) in [5, 5.41) is 6.51. The third-order valence-corrected chi connectivity index (χ3v) is 6.53. The minimum absolute atomic E-state index is 0.0680. The molecule has 2 aliphatic heterocycles. The first-order chi connectivity index (χ1) is 16.0. The Morgan fingerprint density at radius 3 is 2.70 bits per heavy atom. The Labute approximate surface area is 190 Å². The molecule has 2 N–H and O–H groups in total. The van der Waals surface area contributed by atoms with Crippen LogP contribution in [0.25, 0.3) is 22.2 Å². The average Bonchev–Trinajstić information content (AvgIpc) is 3.26. The molecule has 0 spiro atoms. The number of fused-ring (bicyclic) bond motifs is 2. The molecule has 8 heteroatoms. The monoisotopic (exact) mass is 452 g/mol. The second kappa shape index (κ2) is 8.94. The predicted octanol–water partition coefficient (Wildman–Crippen LogP) is 3.35. The predicted molar refractivity (Wildman–Crippen MR) is 123 cm³/mol. The maximum absolute atomic E-state index is 14.2. The molecule has 2 aliphatic rings. The van der Waals surface area contributed by atoms with Crippen molar-refractivity contribution >= 4 is 22.5 Å². The van der Waals surface area contributed by atoms with Gasteiger partial charge in [-0.15, -0.1) is 0 Å². The van der Waals surface area contributed by atoms with Gasteiger partial charge >= 0.3 is 0 Å². The van der Waals surface area contributed by atoms with Crippen LogP contribution in [0, 0.1) is 23.5 Å². The molecule has 0 aliphatic carbocycles. The number of ether oxygens (including phenoxy) is 1. The highest BCUT2D eigenvalue weighted by Gasteiger charge is 2.40. The van der Waals surface area contributed by atoms with Gasteiger partial charge in [0.2, 0.25) is 5.91 Å². The molecule has 6 nitrogen and oxygen atoms in total. The zero-order valence-electron chi connectivity index (χ0n) is 18.4. The molecule has 0 saturated carbocycles. The quantitative estimate of drug-likeness (QED) is 0.562. The van der Waals surface area contributed by atoms with Crippen LogP contribution in [0.2, 0.25) is 0 Å². The number of anilines is 1. The van der Waals surface area contributed by atoms with Gasteiger partial charge in [0.25, 0.3) is 0 Å². The van der Waals surface area contributed by atoms with Crippen molar-refractivity contribution in [1.82, 2.24) is 15.6 Å². The summed E-state index contributed by atoms with van der Waals surface area (Å²) >= 11 is 0. The Bertz CT molecular complexity index is 1190. The van der Waals surface area contributed by atoms with Crippen LogP contribution in [0.4, 0.5) is 14.5 Å². The summed E-state index contributed by atoms with van der Waals surface area (Å²) in [4.78, 5) is 19.1. The fourth-order valence-electron chi connectivity index (χ4n) is 4.78. The Hall–Kier alpha value is -3.26. The molecule has 2 atom stereocenters. The second-order valence-corrected chi connectivity index (χ2v) is 8.64. The number of rotatable bonds is 6. The van der Waals surface area contributed by atoms with E-state index in [2.05, 4.69) is 20.5 Å². The van der Waals surface area contributed by atoms with Crippen LogP contribution in [-0.2, 0) is 4.79 Å². The van der Waals surface area contributed by atoms with Gasteiger partial charge in [-0.1, -0.05) is 0 Å². The third kappa shape index (κ3) is 4.23. The van der Waals surface area contributed by atoms with E-state index in [0.717, 1.165) is 36.0 Å². The molecule has 3 heterocycles. The van der Waals surface area contributed by atoms with Crippen LogP contribution in [-0.4, -0.2) is 50.7 Å². The fourth-order valence-corrected chi connectivity index (χ4v) is 4.78. The third-order valence-electron chi connectivity index (χ3n) is 6.53. The molecular formula is C25H26F2N4O2. The van der Waals surface area contributed by atoms with Crippen LogP contribution >= 0.6 is 0 Å². The lowest BCUT2D eigenvalue weighted by Gasteiger charge is -2.23. The molecule has 0 bridgehead atoms. The number of nitrogens with zero attached hydrogens (tertiary/aromatic N) is 2. The number of piperidine rings is 1. The Morgan fingerprint density at radius 2 is 1.94 bits per heavy atom. The van der Waals surface area contributed by atoms with Gasteiger partial charge in [0.1, 0.15) is 12.4 Å². The summed E-state index contributed by atoms with van der Waals surface area (Å²) < 4.78 is 33.9. The van der Waals surface area contributed by atoms with Crippen LogP contribution in [0.15, 0.2) is 42.5 Å². The number of aromatic nitrogens is 1. The van der Waals surface area contributed by atoms with Crippen molar-refractivity contribution in [3.63, 3.8) is 0 Å². The zero-order valence-corrected chi connectivity index (χ0v) is 18.4. The zero-order chi connectivity index (χ0) is 22.9. The smallest absolute Gasteiger partial charge is 0.225 e. The van der Waals surface area contributed by atoms with Gasteiger partial charge in [-0.2, -0.15) is 0 Å². The van der Waals surface area contributed by atoms with Crippen molar-refractivity contribution in [1.29, 1.82) is 0 Å². The van der Waals surface area contributed by atoms with Crippen molar-refractivity contribution in [2.75, 3.05) is 44.7 Å². The van der Waals surface area contributed by atoms with Gasteiger partial charge in [0.05, 0.1) is 17.1 Å². The van der Waals surface area contributed by atoms with Gasteiger partial charge in [-0.3, -0.25) is 4.79 Å². The van der Waals surface area contributed by atoms with E-state index in [0.29, 0.717) is 42.8 Å². The van der Waals surface area contributed by atoms with E-state index in [1.807, 2.05) is 37.4 Å². The summed E-state index contributed by atoms with van der Waals surface area (Å²) in [6, 6.07) is 11.8. The van der Waals surface area contributed by atoms with Crippen LogP contribution in [0.1, 0.15) is 6.42 Å². The molecule has 172 valence electrons. The molecular weight excluding hydrogens is 426 g/mol. The number of hydrogen-bond donors (Lipinski definition) is 2. The van der Waals surface area contributed by atoms with E-state index in [-0.39, 0.29) is 17.7 Å². The molecule has 1 amide bonds. The number of hydrogen-bond acceptors (Lipinski definition) is 5. The summed E-state index contributed by atoms with van der Waals surface area (Å²) in [5.41, 5.74) is 2.66.